The van der Waals surface area contributed by atoms with Crippen LogP contribution in [0.1, 0.15) is 24.0 Å². The predicted molar refractivity (Wildman–Crippen MR) is 62.8 cm³/mol. The van der Waals surface area contributed by atoms with Gasteiger partial charge in [-0.3, -0.25) is 4.79 Å². The molecule has 17 heavy (non-hydrogen) atoms. The van der Waals surface area contributed by atoms with Crippen LogP contribution in [-0.4, -0.2) is 25.2 Å². The first-order valence-corrected chi connectivity index (χ1v) is 7.20. The number of carbonyl (C=O) groups is 1. The molecule has 0 radical (unpaired) electrons. The first kappa shape index (κ1) is 12.1. The summed E-state index contributed by atoms with van der Waals surface area (Å²) < 4.78 is 23.5. The highest BCUT2D eigenvalue weighted by Crippen LogP contribution is 2.24. The molecule has 4 nitrogen and oxygen atoms in total. The van der Waals surface area contributed by atoms with Gasteiger partial charge < -0.3 is 5.11 Å². The largest absolute Gasteiger partial charge is 0.480 e. The summed E-state index contributed by atoms with van der Waals surface area (Å²) in [7, 11) is -3.69. The summed E-state index contributed by atoms with van der Waals surface area (Å²) in [5.74, 6) is -2.16. The van der Waals surface area contributed by atoms with Crippen molar-refractivity contribution in [1.29, 1.82) is 0 Å². The lowest BCUT2D eigenvalue weighted by molar-refractivity contribution is -0.134. The van der Waals surface area contributed by atoms with Gasteiger partial charge in [-0.2, -0.15) is 0 Å². The zero-order valence-electron chi connectivity index (χ0n) is 9.35. The van der Waals surface area contributed by atoms with Gasteiger partial charge in [0.05, 0.1) is 4.90 Å². The maximum Gasteiger partial charge on any atom is 0.319 e. The van der Waals surface area contributed by atoms with E-state index in [0.717, 1.165) is 31.2 Å². The number of carboxylic acid groups (broad SMARTS) is 1. The summed E-state index contributed by atoms with van der Waals surface area (Å²) in [5.41, 5.74) is 2.23. The lowest BCUT2D eigenvalue weighted by atomic mass is 9.92. The number of sulfone groups is 1. The summed E-state index contributed by atoms with van der Waals surface area (Å²) >= 11 is 0. The van der Waals surface area contributed by atoms with Crippen LogP contribution in [0.3, 0.4) is 0 Å². The van der Waals surface area contributed by atoms with Gasteiger partial charge in [-0.25, -0.2) is 8.42 Å². The van der Waals surface area contributed by atoms with Crippen LogP contribution < -0.4 is 0 Å². The molecule has 0 saturated carbocycles. The zero-order chi connectivity index (χ0) is 12.5. The quantitative estimate of drug-likeness (QED) is 0.885. The molecular formula is C12H14O4S. The van der Waals surface area contributed by atoms with E-state index in [0.29, 0.717) is 0 Å². The van der Waals surface area contributed by atoms with Crippen LogP contribution in [0.5, 0.6) is 0 Å². The van der Waals surface area contributed by atoms with Gasteiger partial charge in [0.25, 0.3) is 0 Å². The van der Waals surface area contributed by atoms with Gasteiger partial charge >= 0.3 is 5.97 Å². The van der Waals surface area contributed by atoms with Crippen LogP contribution in [-0.2, 0) is 27.5 Å². The Morgan fingerprint density at radius 1 is 1.18 bits per heavy atom. The van der Waals surface area contributed by atoms with Crippen molar-refractivity contribution < 1.29 is 18.3 Å². The molecule has 92 valence electrons. The molecule has 5 heteroatoms. The minimum Gasteiger partial charge on any atom is -0.480 e. The third kappa shape index (κ3) is 2.66. The summed E-state index contributed by atoms with van der Waals surface area (Å²) in [4.78, 5) is 10.6. The van der Waals surface area contributed by atoms with Gasteiger partial charge in [-0.1, -0.05) is 6.07 Å². The smallest absolute Gasteiger partial charge is 0.319 e. The van der Waals surface area contributed by atoms with Crippen molar-refractivity contribution in [2.24, 2.45) is 0 Å². The second kappa shape index (κ2) is 4.49. The minimum atomic E-state index is -3.69. The molecule has 0 aromatic heterocycles. The molecule has 0 atom stereocenters. The van der Waals surface area contributed by atoms with Crippen molar-refractivity contribution in [1.82, 2.24) is 0 Å². The zero-order valence-corrected chi connectivity index (χ0v) is 10.2. The average Bonchev–Trinajstić information content (AvgIpc) is 2.26. The van der Waals surface area contributed by atoms with Crippen molar-refractivity contribution >= 4 is 15.8 Å². The summed E-state index contributed by atoms with van der Waals surface area (Å²) in [5, 5.41) is 8.57. The highest BCUT2D eigenvalue weighted by Gasteiger charge is 2.20. The molecule has 2 rings (SSSR count). The van der Waals surface area contributed by atoms with Gasteiger partial charge in [0.2, 0.25) is 0 Å². The second-order valence-electron chi connectivity index (χ2n) is 4.29. The number of aliphatic carboxylic acids is 1. The Morgan fingerprint density at radius 2 is 1.82 bits per heavy atom. The van der Waals surface area contributed by atoms with Gasteiger partial charge in [0.15, 0.2) is 15.6 Å². The standard InChI is InChI=1S/C12H14O4S/c13-12(14)8-17(15,16)11-6-5-9-3-1-2-4-10(9)7-11/h5-7H,1-4,8H2,(H,13,14). The Hall–Kier alpha value is -1.36. The number of carboxylic acids is 1. The highest BCUT2D eigenvalue weighted by atomic mass is 32.2. The van der Waals surface area contributed by atoms with Crippen molar-refractivity contribution in [3.05, 3.63) is 29.3 Å². The first-order chi connectivity index (χ1) is 7.99. The van der Waals surface area contributed by atoms with Crippen LogP contribution in [0.25, 0.3) is 0 Å². The lowest BCUT2D eigenvalue weighted by Crippen LogP contribution is -2.16. The number of fused-ring (bicyclic) bond motifs is 1. The van der Waals surface area contributed by atoms with E-state index in [1.165, 1.54) is 11.6 Å². The molecule has 0 spiro atoms. The monoisotopic (exact) mass is 254 g/mol. The maximum atomic E-state index is 11.7. The summed E-state index contributed by atoms with van der Waals surface area (Å²) in [6, 6.07) is 4.96. The molecule has 1 aromatic carbocycles. The Labute approximate surface area is 100 Å². The van der Waals surface area contributed by atoms with Crippen LogP contribution in [0.4, 0.5) is 0 Å². The maximum absolute atomic E-state index is 11.7. The van der Waals surface area contributed by atoms with E-state index < -0.39 is 21.6 Å². The van der Waals surface area contributed by atoms with Crippen LogP contribution in [0, 0.1) is 0 Å². The molecule has 0 saturated heterocycles. The lowest BCUT2D eigenvalue weighted by Gasteiger charge is -2.16. The Kier molecular flexibility index (Phi) is 3.19. The van der Waals surface area contributed by atoms with Gasteiger partial charge in [-0.15, -0.1) is 0 Å². The van der Waals surface area contributed by atoms with E-state index in [4.69, 9.17) is 5.11 Å². The van der Waals surface area contributed by atoms with E-state index in [-0.39, 0.29) is 4.90 Å². The van der Waals surface area contributed by atoms with Gasteiger partial charge in [0, 0.05) is 0 Å². The molecule has 1 aromatic rings. The number of rotatable bonds is 3. The predicted octanol–water partition coefficient (Wildman–Crippen LogP) is 1.42. The second-order valence-corrected chi connectivity index (χ2v) is 6.28. The Bertz CT molecular complexity index is 546. The van der Waals surface area contributed by atoms with Crippen molar-refractivity contribution in [2.75, 3.05) is 5.75 Å². The normalized spacial score (nSPS) is 15.3. The van der Waals surface area contributed by atoms with Crippen LogP contribution in [0.15, 0.2) is 23.1 Å². The summed E-state index contributed by atoms with van der Waals surface area (Å²) in [6.07, 6.45) is 4.06. The van der Waals surface area contributed by atoms with Crippen molar-refractivity contribution in [2.45, 2.75) is 30.6 Å². The van der Waals surface area contributed by atoms with E-state index in [1.807, 2.05) is 6.07 Å². The van der Waals surface area contributed by atoms with E-state index in [9.17, 15) is 13.2 Å². The fourth-order valence-corrected chi connectivity index (χ4v) is 3.24. The highest BCUT2D eigenvalue weighted by molar-refractivity contribution is 7.92. The molecule has 0 unspecified atom stereocenters. The molecule has 1 aliphatic carbocycles. The molecule has 0 bridgehead atoms. The van der Waals surface area contributed by atoms with Crippen LogP contribution >= 0.6 is 0 Å². The van der Waals surface area contributed by atoms with Crippen molar-refractivity contribution in [3.8, 4) is 0 Å². The van der Waals surface area contributed by atoms with Crippen LogP contribution in [0.2, 0.25) is 0 Å². The fraction of sp³-hybridized carbons (Fsp3) is 0.417. The summed E-state index contributed by atoms with van der Waals surface area (Å²) in [6.45, 7) is 0. The molecular weight excluding hydrogens is 240 g/mol. The SMILES string of the molecule is O=C(O)CS(=O)(=O)c1ccc2c(c1)CCCC2. The van der Waals surface area contributed by atoms with Crippen molar-refractivity contribution in [3.63, 3.8) is 0 Å². The number of hydrogen-bond donors (Lipinski definition) is 1. The average molecular weight is 254 g/mol. The number of hydrogen-bond acceptors (Lipinski definition) is 3. The molecule has 0 amide bonds. The molecule has 1 aliphatic rings. The third-order valence-electron chi connectivity index (χ3n) is 2.99. The third-order valence-corrected chi connectivity index (χ3v) is 4.59. The Morgan fingerprint density at radius 3 is 2.47 bits per heavy atom. The molecule has 0 aliphatic heterocycles. The minimum absolute atomic E-state index is 0.126. The number of benzene rings is 1. The number of aryl methyl sites for hydroxylation is 2. The topological polar surface area (TPSA) is 71.4 Å². The van der Waals surface area contributed by atoms with E-state index >= 15 is 0 Å². The molecule has 0 fully saturated rings. The van der Waals surface area contributed by atoms with Gasteiger partial charge in [-0.05, 0) is 48.9 Å². The Balaban J connectivity index is 2.37. The molecule has 0 heterocycles. The molecule has 1 N–H and O–H groups in total. The van der Waals surface area contributed by atoms with E-state index in [1.54, 1.807) is 6.07 Å². The van der Waals surface area contributed by atoms with E-state index in [2.05, 4.69) is 0 Å². The fourth-order valence-electron chi connectivity index (χ4n) is 2.15. The van der Waals surface area contributed by atoms with Gasteiger partial charge in [0.1, 0.15) is 0 Å². The first-order valence-electron chi connectivity index (χ1n) is 5.55.